The van der Waals surface area contributed by atoms with E-state index < -0.39 is 0 Å². The van der Waals surface area contributed by atoms with Gasteiger partial charge in [0, 0.05) is 33.7 Å². The molecule has 2 aromatic rings. The van der Waals surface area contributed by atoms with E-state index >= 15 is 0 Å². The van der Waals surface area contributed by atoms with E-state index in [1.54, 1.807) is 22.8 Å². The molecular formula is C17H21IN2O2S. The van der Waals surface area contributed by atoms with Gasteiger partial charge in [0.05, 0.1) is 5.70 Å². The molecule has 0 aliphatic heterocycles. The first-order valence-corrected chi connectivity index (χ1v) is 10.8. The minimum atomic E-state index is -0.122. The summed E-state index contributed by atoms with van der Waals surface area (Å²) in [6, 6.07) is 1.74. The fraction of sp³-hybridized carbons (Fsp3) is 0.294. The molecule has 0 spiro atoms. The van der Waals surface area contributed by atoms with Crippen LogP contribution in [0.5, 0.6) is 0 Å². The zero-order valence-corrected chi connectivity index (χ0v) is 16.8. The highest BCUT2D eigenvalue weighted by Crippen LogP contribution is 2.29. The lowest BCUT2D eigenvalue weighted by Crippen LogP contribution is -2.23. The Labute approximate surface area is 153 Å². The molecule has 2 heterocycles. The molecule has 0 saturated carbocycles. The van der Waals surface area contributed by atoms with E-state index in [1.165, 1.54) is 8.93 Å². The zero-order valence-electron chi connectivity index (χ0n) is 13.8. The summed E-state index contributed by atoms with van der Waals surface area (Å²) >= 11 is 2.12. The van der Waals surface area contributed by atoms with Crippen LogP contribution < -0.4 is 5.56 Å². The molecule has 0 amide bonds. The summed E-state index contributed by atoms with van der Waals surface area (Å²) in [7, 11) is 1.42. The van der Waals surface area contributed by atoms with Crippen molar-refractivity contribution < 1.29 is 4.42 Å². The van der Waals surface area contributed by atoms with Gasteiger partial charge in [0.25, 0.3) is 5.56 Å². The second-order valence-electron chi connectivity index (χ2n) is 4.21. The number of halogens is 1. The maximum atomic E-state index is 12.8. The van der Waals surface area contributed by atoms with Crippen molar-refractivity contribution in [3.8, 4) is 0 Å². The van der Waals surface area contributed by atoms with Crippen molar-refractivity contribution >= 4 is 46.9 Å². The average molecular weight is 444 g/mol. The first kappa shape index (κ1) is 19.8. The Bertz CT molecular complexity index is 788. The second kappa shape index (κ2) is 9.77. The minimum Gasteiger partial charge on any atom is -0.430 e. The number of furan rings is 1. The van der Waals surface area contributed by atoms with Crippen LogP contribution >= 0.6 is 30.1 Å². The van der Waals surface area contributed by atoms with Gasteiger partial charge in [0.15, 0.2) is 5.09 Å². The molecule has 0 aliphatic rings. The Morgan fingerprint density at radius 3 is 2.74 bits per heavy atom. The molecule has 2 rings (SSSR count). The van der Waals surface area contributed by atoms with Crippen molar-refractivity contribution in [1.82, 2.24) is 9.55 Å². The quantitative estimate of drug-likeness (QED) is 0.444. The third kappa shape index (κ3) is 4.38. The van der Waals surface area contributed by atoms with Crippen LogP contribution in [0, 0.1) is 0 Å². The van der Waals surface area contributed by atoms with Crippen LogP contribution in [0.4, 0.5) is 0 Å². The van der Waals surface area contributed by atoms with E-state index in [0.29, 0.717) is 28.4 Å². The fourth-order valence-electron chi connectivity index (χ4n) is 2.04. The summed E-state index contributed by atoms with van der Waals surface area (Å²) in [6.07, 6.45) is 7.83. The van der Waals surface area contributed by atoms with Gasteiger partial charge < -0.3 is 4.42 Å². The SMILES string of the molecule is C=C/C=C(\C=C/C)n1c(CC)nc2oc(SI)cc2c1=O.CC. The molecule has 23 heavy (non-hydrogen) atoms. The van der Waals surface area contributed by atoms with Crippen LogP contribution in [0.25, 0.3) is 16.8 Å². The molecule has 0 aliphatic carbocycles. The van der Waals surface area contributed by atoms with Crippen molar-refractivity contribution in [2.24, 2.45) is 0 Å². The van der Waals surface area contributed by atoms with Crippen molar-refractivity contribution in [1.29, 1.82) is 0 Å². The summed E-state index contributed by atoms with van der Waals surface area (Å²) in [6.45, 7) is 11.6. The lowest BCUT2D eigenvalue weighted by atomic mass is 10.3. The van der Waals surface area contributed by atoms with E-state index in [9.17, 15) is 4.79 Å². The van der Waals surface area contributed by atoms with Crippen LogP contribution in [0.3, 0.4) is 0 Å². The summed E-state index contributed by atoms with van der Waals surface area (Å²) in [5.41, 5.74) is 1.02. The van der Waals surface area contributed by atoms with E-state index in [4.69, 9.17) is 4.42 Å². The first-order chi connectivity index (χ1) is 11.2. The van der Waals surface area contributed by atoms with Gasteiger partial charge in [-0.25, -0.2) is 0 Å². The highest BCUT2D eigenvalue weighted by Gasteiger charge is 2.15. The highest BCUT2D eigenvalue weighted by molar-refractivity contribution is 14.2. The lowest BCUT2D eigenvalue weighted by molar-refractivity contribution is 0.505. The number of hydrogen-bond acceptors (Lipinski definition) is 4. The smallest absolute Gasteiger partial charge is 0.269 e. The van der Waals surface area contributed by atoms with Crippen LogP contribution in [0.2, 0.25) is 0 Å². The van der Waals surface area contributed by atoms with Gasteiger partial charge in [-0.3, -0.25) is 9.36 Å². The molecule has 0 radical (unpaired) electrons. The van der Waals surface area contributed by atoms with Crippen molar-refractivity contribution in [3.63, 3.8) is 0 Å². The number of aromatic nitrogens is 2. The van der Waals surface area contributed by atoms with E-state index in [0.717, 1.165) is 5.70 Å². The monoisotopic (exact) mass is 444 g/mol. The van der Waals surface area contributed by atoms with Crippen LogP contribution in [-0.2, 0) is 6.42 Å². The molecule has 0 fully saturated rings. The molecule has 0 N–H and O–H groups in total. The third-order valence-corrected chi connectivity index (χ3v) is 4.54. The minimum absolute atomic E-state index is 0.122. The summed E-state index contributed by atoms with van der Waals surface area (Å²) in [5, 5.41) is 1.17. The Balaban J connectivity index is 0.00000127. The maximum Gasteiger partial charge on any atom is 0.269 e. The summed E-state index contributed by atoms with van der Waals surface area (Å²) in [5.74, 6) is 0.665. The molecule has 0 bridgehead atoms. The van der Waals surface area contributed by atoms with Crippen molar-refractivity contribution in [2.45, 2.75) is 39.2 Å². The molecule has 0 unspecified atom stereocenters. The third-order valence-electron chi connectivity index (χ3n) is 2.89. The predicted octanol–water partition coefficient (Wildman–Crippen LogP) is 5.62. The average Bonchev–Trinajstić information content (AvgIpc) is 3.00. The molecule has 124 valence electrons. The summed E-state index contributed by atoms with van der Waals surface area (Å²) in [4.78, 5) is 17.2. The normalized spacial score (nSPS) is 11.6. The lowest BCUT2D eigenvalue weighted by Gasteiger charge is -2.11. The van der Waals surface area contributed by atoms with Crippen molar-refractivity contribution in [2.75, 3.05) is 0 Å². The number of rotatable bonds is 5. The molecule has 4 nitrogen and oxygen atoms in total. The summed E-state index contributed by atoms with van der Waals surface area (Å²) < 4.78 is 7.18. The standard InChI is InChI=1S/C15H15IN2O2S.C2H6/c1-4-7-10(8-5-2)18-12(6-3)17-14-11(15(18)19)9-13(20-14)21-16;1-2/h4-5,7-9H,1,6H2,2-3H3;1-2H3/b8-5-,10-7+;. The topological polar surface area (TPSA) is 48.0 Å². The van der Waals surface area contributed by atoms with Crippen molar-refractivity contribution in [3.05, 3.63) is 53.1 Å². The Morgan fingerprint density at radius 1 is 1.52 bits per heavy atom. The largest absolute Gasteiger partial charge is 0.430 e. The zero-order chi connectivity index (χ0) is 17.4. The molecule has 2 aromatic heterocycles. The number of aryl methyl sites for hydroxylation is 1. The number of hydrogen-bond donors (Lipinski definition) is 0. The van der Waals surface area contributed by atoms with E-state index in [1.807, 2.05) is 39.8 Å². The fourth-order valence-corrected chi connectivity index (χ4v) is 2.96. The van der Waals surface area contributed by atoms with E-state index in [-0.39, 0.29) is 5.56 Å². The van der Waals surface area contributed by atoms with E-state index in [2.05, 4.69) is 32.8 Å². The van der Waals surface area contributed by atoms with Gasteiger partial charge in [0.2, 0.25) is 5.71 Å². The van der Waals surface area contributed by atoms with Gasteiger partial charge in [0.1, 0.15) is 11.2 Å². The molecule has 0 aromatic carbocycles. The maximum absolute atomic E-state index is 12.8. The predicted molar refractivity (Wildman–Crippen MR) is 108 cm³/mol. The first-order valence-electron chi connectivity index (χ1n) is 7.46. The van der Waals surface area contributed by atoms with Crippen LogP contribution in [0.15, 0.2) is 51.3 Å². The number of fused-ring (bicyclic) bond motifs is 1. The van der Waals surface area contributed by atoms with Gasteiger partial charge in [-0.15, -0.1) is 0 Å². The van der Waals surface area contributed by atoms with Gasteiger partial charge in [-0.2, -0.15) is 4.98 Å². The molecule has 0 saturated heterocycles. The van der Waals surface area contributed by atoms with Crippen LogP contribution in [-0.4, -0.2) is 9.55 Å². The van der Waals surface area contributed by atoms with Crippen LogP contribution in [0.1, 0.15) is 33.5 Å². The number of nitrogens with zero attached hydrogens (tertiary/aromatic N) is 2. The Morgan fingerprint density at radius 2 is 2.22 bits per heavy atom. The molecular weight excluding hydrogens is 423 g/mol. The van der Waals surface area contributed by atoms with Gasteiger partial charge in [-0.1, -0.05) is 39.5 Å². The highest BCUT2D eigenvalue weighted by atomic mass is 127. The molecule has 6 heteroatoms. The number of allylic oxidation sites excluding steroid dienone is 5. The van der Waals surface area contributed by atoms with Gasteiger partial charge >= 0.3 is 0 Å². The Hall–Kier alpha value is -1.28. The second-order valence-corrected chi connectivity index (χ2v) is 6.09. The van der Waals surface area contributed by atoms with Gasteiger partial charge in [-0.05, 0) is 28.0 Å². The molecule has 0 atom stereocenters. The Kier molecular flexibility index (Phi) is 8.40.